The third-order valence-electron chi connectivity index (χ3n) is 3.28. The highest BCUT2D eigenvalue weighted by Crippen LogP contribution is 2.41. The fourth-order valence-electron chi connectivity index (χ4n) is 2.32. The Morgan fingerprint density at radius 3 is 2.76 bits per heavy atom. The van der Waals surface area contributed by atoms with E-state index in [4.69, 9.17) is 16.3 Å². The number of benzene rings is 2. The summed E-state index contributed by atoms with van der Waals surface area (Å²) < 4.78 is 19.3. The molecule has 21 heavy (non-hydrogen) atoms. The van der Waals surface area contributed by atoms with E-state index in [9.17, 15) is 9.35 Å². The molecule has 0 bridgehead atoms. The molecule has 1 aromatic heterocycles. The molecule has 1 heterocycles. The molecular weight excluding hydrogens is 308 g/mol. The van der Waals surface area contributed by atoms with Crippen LogP contribution in [0.4, 0.5) is 0 Å². The first-order valence-electron chi connectivity index (χ1n) is 6.66. The molecule has 3 rings (SSSR count). The lowest BCUT2D eigenvalue weighted by atomic mass is 10.2. The van der Waals surface area contributed by atoms with Gasteiger partial charge in [-0.05, 0) is 41.4 Å². The molecule has 1 atom stereocenters. The van der Waals surface area contributed by atoms with Gasteiger partial charge in [-0.15, -0.1) is 0 Å². The Morgan fingerprint density at radius 1 is 1.24 bits per heavy atom. The van der Waals surface area contributed by atoms with Crippen LogP contribution in [0.2, 0.25) is 5.02 Å². The van der Waals surface area contributed by atoms with Crippen LogP contribution in [0.1, 0.15) is 13.3 Å². The summed E-state index contributed by atoms with van der Waals surface area (Å²) in [6.45, 7) is 2.49. The van der Waals surface area contributed by atoms with E-state index in [2.05, 4.69) is 0 Å². The van der Waals surface area contributed by atoms with Crippen LogP contribution < -0.4 is 10.2 Å². The molecule has 0 saturated heterocycles. The molecular formula is C16H13ClO3S. The number of fused-ring (bicyclic) bond motifs is 2. The van der Waals surface area contributed by atoms with Crippen molar-refractivity contribution in [3.05, 3.63) is 51.6 Å². The molecule has 0 radical (unpaired) electrons. The second-order valence-electron chi connectivity index (χ2n) is 4.69. The van der Waals surface area contributed by atoms with Gasteiger partial charge >= 0.3 is 0 Å². The summed E-state index contributed by atoms with van der Waals surface area (Å²) in [7, 11) is -1.47. The predicted octanol–water partition coefficient (Wildman–Crippen LogP) is 4.52. The maximum atomic E-state index is 12.8. The zero-order chi connectivity index (χ0) is 15.0. The van der Waals surface area contributed by atoms with Gasteiger partial charge in [-0.2, -0.15) is 0 Å². The Morgan fingerprint density at radius 2 is 2.00 bits per heavy atom. The zero-order valence-electron chi connectivity index (χ0n) is 11.4. The molecule has 0 aliphatic rings. The van der Waals surface area contributed by atoms with E-state index >= 15 is 0 Å². The summed E-state index contributed by atoms with van der Waals surface area (Å²) in [4.78, 5) is 12.6. The average molecular weight is 321 g/mol. The van der Waals surface area contributed by atoms with Crippen LogP contribution in [0.5, 0.6) is 5.75 Å². The fourth-order valence-corrected chi connectivity index (χ4v) is 4.10. The van der Waals surface area contributed by atoms with E-state index in [1.807, 2.05) is 6.92 Å². The molecule has 0 fully saturated rings. The van der Waals surface area contributed by atoms with Crippen LogP contribution >= 0.6 is 22.4 Å². The molecule has 0 amide bonds. The van der Waals surface area contributed by atoms with Crippen LogP contribution in [0, 0.1) is 0 Å². The zero-order valence-corrected chi connectivity index (χ0v) is 13.0. The molecule has 0 spiro atoms. The van der Waals surface area contributed by atoms with Crippen molar-refractivity contribution in [2.45, 2.75) is 13.3 Å². The lowest BCUT2D eigenvalue weighted by Crippen LogP contribution is -2.05. The van der Waals surface area contributed by atoms with Crippen LogP contribution in [0.3, 0.4) is 0 Å². The van der Waals surface area contributed by atoms with Crippen molar-refractivity contribution < 1.29 is 9.29 Å². The first kappa shape index (κ1) is 14.3. The smallest absolute Gasteiger partial charge is 0.227 e. The summed E-state index contributed by atoms with van der Waals surface area (Å²) in [6, 6.07) is 10.2. The van der Waals surface area contributed by atoms with Gasteiger partial charge in [-0.25, -0.2) is 0 Å². The van der Waals surface area contributed by atoms with Crippen molar-refractivity contribution in [1.29, 1.82) is 0 Å². The largest absolute Gasteiger partial charge is 0.590 e. The quantitative estimate of drug-likeness (QED) is 0.526. The van der Waals surface area contributed by atoms with Gasteiger partial charge in [0, 0.05) is 0 Å². The van der Waals surface area contributed by atoms with Gasteiger partial charge in [0.15, 0.2) is 10.4 Å². The van der Waals surface area contributed by atoms with Crippen LogP contribution in [0.15, 0.2) is 41.2 Å². The van der Waals surface area contributed by atoms with Gasteiger partial charge in [0.1, 0.15) is 5.39 Å². The van der Waals surface area contributed by atoms with Crippen LogP contribution in [0.25, 0.3) is 20.2 Å². The number of hydrogen-bond acceptors (Lipinski definition) is 3. The van der Waals surface area contributed by atoms with E-state index in [0.717, 1.165) is 6.42 Å². The van der Waals surface area contributed by atoms with Gasteiger partial charge < -0.3 is 9.29 Å². The SMILES string of the molecule is CCCOc1ccc(Cl)c2c(=O)c3ccccc3[s+]([O-])c12. The van der Waals surface area contributed by atoms with Gasteiger partial charge in [0.25, 0.3) is 0 Å². The molecule has 5 heteroatoms. The third kappa shape index (κ3) is 2.29. The Bertz CT molecular complexity index is 886. The average Bonchev–Trinajstić information content (AvgIpc) is 2.51. The van der Waals surface area contributed by atoms with E-state index in [1.54, 1.807) is 36.4 Å². The van der Waals surface area contributed by atoms with E-state index in [0.29, 0.717) is 37.6 Å². The number of rotatable bonds is 3. The summed E-state index contributed by atoms with van der Waals surface area (Å²) in [5.74, 6) is 0.470. The molecule has 0 aliphatic heterocycles. The van der Waals surface area contributed by atoms with Crippen molar-refractivity contribution in [3.8, 4) is 5.75 Å². The lowest BCUT2D eigenvalue weighted by molar-refractivity contribution is 0.321. The maximum absolute atomic E-state index is 12.8. The topological polar surface area (TPSA) is 49.4 Å². The highest BCUT2D eigenvalue weighted by molar-refractivity contribution is 7.37. The number of halogens is 1. The van der Waals surface area contributed by atoms with Crippen molar-refractivity contribution in [2.24, 2.45) is 0 Å². The Hall–Kier alpha value is -1.62. The molecule has 2 aromatic carbocycles. The highest BCUT2D eigenvalue weighted by atomic mass is 35.5. The standard InChI is InChI=1S/C16H13ClO3S/c1-2-9-20-12-8-7-11(17)14-15(18)10-5-3-4-6-13(10)21(19)16(12)14/h3-8H,2,9H2,1H3. The molecule has 3 nitrogen and oxygen atoms in total. The number of ether oxygens (including phenoxy) is 1. The normalized spacial score (nSPS) is 12.0. The maximum Gasteiger partial charge on any atom is 0.227 e. The summed E-state index contributed by atoms with van der Waals surface area (Å²) in [5, 5.41) is 1.04. The molecule has 1 unspecified atom stereocenters. The van der Waals surface area contributed by atoms with E-state index < -0.39 is 10.8 Å². The van der Waals surface area contributed by atoms with Gasteiger partial charge in [0.2, 0.25) is 10.1 Å². The van der Waals surface area contributed by atoms with Crippen molar-refractivity contribution in [2.75, 3.05) is 6.61 Å². The molecule has 0 N–H and O–H groups in total. The molecule has 0 saturated carbocycles. The van der Waals surface area contributed by atoms with Gasteiger partial charge in [-0.1, -0.05) is 30.7 Å². The van der Waals surface area contributed by atoms with Crippen molar-refractivity contribution >= 4 is 42.5 Å². The van der Waals surface area contributed by atoms with Crippen molar-refractivity contribution in [3.63, 3.8) is 0 Å². The third-order valence-corrected chi connectivity index (χ3v) is 5.12. The van der Waals surface area contributed by atoms with Gasteiger partial charge in [0.05, 0.1) is 17.0 Å². The Labute approximate surface area is 129 Å². The minimum absolute atomic E-state index is 0.202. The highest BCUT2D eigenvalue weighted by Gasteiger charge is 2.21. The Balaban J connectivity index is 2.49. The summed E-state index contributed by atoms with van der Waals surface area (Å²) in [5.41, 5.74) is -0.202. The monoisotopic (exact) mass is 320 g/mol. The first-order chi connectivity index (χ1) is 10.1. The van der Waals surface area contributed by atoms with E-state index in [-0.39, 0.29) is 5.43 Å². The Kier molecular flexibility index (Phi) is 3.85. The van der Waals surface area contributed by atoms with Gasteiger partial charge in [-0.3, -0.25) is 4.79 Å². The van der Waals surface area contributed by atoms with Crippen LogP contribution in [-0.4, -0.2) is 11.2 Å². The predicted molar refractivity (Wildman–Crippen MR) is 87.2 cm³/mol. The van der Waals surface area contributed by atoms with E-state index in [1.165, 1.54) is 0 Å². The second kappa shape index (κ2) is 5.64. The minimum atomic E-state index is -1.47. The molecule has 0 aliphatic carbocycles. The number of hydrogen-bond donors (Lipinski definition) is 0. The van der Waals surface area contributed by atoms with Crippen LogP contribution in [-0.2, 0) is 0 Å². The second-order valence-corrected chi connectivity index (χ2v) is 6.48. The fraction of sp³-hybridized carbons (Fsp3) is 0.188. The molecule has 108 valence electrons. The summed E-state index contributed by atoms with van der Waals surface area (Å²) in [6.07, 6.45) is 0.828. The molecule has 3 aromatic rings. The minimum Gasteiger partial charge on any atom is -0.590 e. The van der Waals surface area contributed by atoms with Crippen molar-refractivity contribution in [1.82, 2.24) is 0 Å². The summed E-state index contributed by atoms with van der Waals surface area (Å²) >= 11 is 6.16. The first-order valence-corrected chi connectivity index (χ1v) is 8.18. The lowest BCUT2D eigenvalue weighted by Gasteiger charge is -2.10.